The summed E-state index contributed by atoms with van der Waals surface area (Å²) in [5, 5.41) is 0. The summed E-state index contributed by atoms with van der Waals surface area (Å²) in [6.45, 7) is 9.13. The maximum atomic E-state index is 13.1. The van der Waals surface area contributed by atoms with Gasteiger partial charge in [-0.25, -0.2) is 8.42 Å². The number of ether oxygens (including phenoxy) is 1. The van der Waals surface area contributed by atoms with Crippen molar-refractivity contribution in [3.63, 3.8) is 0 Å². The lowest BCUT2D eigenvalue weighted by Gasteiger charge is -2.31. The predicted molar refractivity (Wildman–Crippen MR) is 106 cm³/mol. The van der Waals surface area contributed by atoms with Crippen LogP contribution in [0, 0.1) is 19.8 Å². The van der Waals surface area contributed by atoms with E-state index in [-0.39, 0.29) is 16.7 Å². The maximum absolute atomic E-state index is 13.1. The molecule has 0 unspecified atom stereocenters. The average molecular weight is 397 g/mol. The summed E-state index contributed by atoms with van der Waals surface area (Å²) >= 11 is 0. The Balaban J connectivity index is 2.32. The van der Waals surface area contributed by atoms with Gasteiger partial charge in [0, 0.05) is 13.1 Å². The van der Waals surface area contributed by atoms with E-state index in [1.165, 1.54) is 7.11 Å². The Morgan fingerprint density at radius 2 is 1.74 bits per heavy atom. The zero-order valence-electron chi connectivity index (χ0n) is 17.0. The van der Waals surface area contributed by atoms with E-state index in [4.69, 9.17) is 4.74 Å². The first kappa shape index (κ1) is 21.7. The molecule has 7 heteroatoms. The zero-order chi connectivity index (χ0) is 20.2. The largest absolute Gasteiger partial charge is 0.495 e. The quantitative estimate of drug-likeness (QED) is 0.769. The number of aryl methyl sites for hydroxylation is 2. The van der Waals surface area contributed by atoms with Gasteiger partial charge < -0.3 is 9.64 Å². The van der Waals surface area contributed by atoms with E-state index in [1.54, 1.807) is 17.0 Å². The molecule has 6 nitrogen and oxygen atoms in total. The summed E-state index contributed by atoms with van der Waals surface area (Å²) in [6.07, 6.45) is 3.52. The SMILES string of the molecule is COc1cc(C)c(C)cc1S(=O)(=O)N[C@H](CC(C)C)C(=O)N1CCCCC1. The number of sulfonamides is 1. The van der Waals surface area contributed by atoms with E-state index in [2.05, 4.69) is 4.72 Å². The highest BCUT2D eigenvalue weighted by Gasteiger charge is 2.32. The average Bonchev–Trinajstić information content (AvgIpc) is 2.62. The second-order valence-electron chi connectivity index (χ2n) is 7.78. The van der Waals surface area contributed by atoms with Crippen molar-refractivity contribution in [1.82, 2.24) is 9.62 Å². The number of nitrogens with one attached hydrogen (secondary N) is 1. The molecule has 1 heterocycles. The number of carbonyl (C=O) groups excluding carboxylic acids is 1. The third-order valence-electron chi connectivity index (χ3n) is 5.04. The van der Waals surface area contributed by atoms with E-state index in [1.807, 2.05) is 27.7 Å². The van der Waals surface area contributed by atoms with Crippen molar-refractivity contribution in [2.24, 2.45) is 5.92 Å². The van der Waals surface area contributed by atoms with Crippen LogP contribution in [0.5, 0.6) is 5.75 Å². The highest BCUT2D eigenvalue weighted by molar-refractivity contribution is 7.89. The Kier molecular flexibility index (Phi) is 7.28. The van der Waals surface area contributed by atoms with Gasteiger partial charge in [-0.3, -0.25) is 4.79 Å². The van der Waals surface area contributed by atoms with Crippen LogP contribution in [0.4, 0.5) is 0 Å². The van der Waals surface area contributed by atoms with Crippen LogP contribution in [-0.4, -0.2) is 45.5 Å². The molecule has 1 aliphatic rings. The Labute approximate surface area is 163 Å². The summed E-state index contributed by atoms with van der Waals surface area (Å²) in [5.41, 5.74) is 1.81. The second-order valence-corrected chi connectivity index (χ2v) is 9.46. The monoisotopic (exact) mass is 396 g/mol. The molecule has 27 heavy (non-hydrogen) atoms. The maximum Gasteiger partial charge on any atom is 0.244 e. The Morgan fingerprint density at radius 1 is 1.15 bits per heavy atom. The number of benzene rings is 1. The van der Waals surface area contributed by atoms with Gasteiger partial charge in [-0.1, -0.05) is 13.8 Å². The van der Waals surface area contributed by atoms with Crippen LogP contribution in [0.3, 0.4) is 0 Å². The lowest BCUT2D eigenvalue weighted by molar-refractivity contribution is -0.134. The lowest BCUT2D eigenvalue weighted by Crippen LogP contribution is -2.50. The first-order chi connectivity index (χ1) is 12.7. The van der Waals surface area contributed by atoms with E-state index in [9.17, 15) is 13.2 Å². The first-order valence-corrected chi connectivity index (χ1v) is 11.1. The number of amides is 1. The topological polar surface area (TPSA) is 75.7 Å². The van der Waals surface area contributed by atoms with Gasteiger partial charge in [0.15, 0.2) is 0 Å². The number of nitrogens with zero attached hydrogens (tertiary/aromatic N) is 1. The van der Waals surface area contributed by atoms with Crippen molar-refractivity contribution in [1.29, 1.82) is 0 Å². The van der Waals surface area contributed by atoms with Gasteiger partial charge >= 0.3 is 0 Å². The van der Waals surface area contributed by atoms with Crippen LogP contribution >= 0.6 is 0 Å². The van der Waals surface area contributed by atoms with Crippen LogP contribution in [-0.2, 0) is 14.8 Å². The van der Waals surface area contributed by atoms with E-state index in [0.29, 0.717) is 25.3 Å². The summed E-state index contributed by atoms with van der Waals surface area (Å²) in [4.78, 5) is 14.9. The van der Waals surface area contributed by atoms with Gasteiger partial charge in [0.1, 0.15) is 16.7 Å². The minimum Gasteiger partial charge on any atom is -0.495 e. The van der Waals surface area contributed by atoms with Crippen LogP contribution in [0.2, 0.25) is 0 Å². The van der Waals surface area contributed by atoms with Crippen LogP contribution in [0.25, 0.3) is 0 Å². The van der Waals surface area contributed by atoms with Crippen molar-refractivity contribution in [3.05, 3.63) is 23.3 Å². The fraction of sp³-hybridized carbons (Fsp3) is 0.650. The van der Waals surface area contributed by atoms with Crippen LogP contribution in [0.1, 0.15) is 50.7 Å². The fourth-order valence-electron chi connectivity index (χ4n) is 3.39. The van der Waals surface area contributed by atoms with Gasteiger partial charge in [-0.05, 0) is 68.7 Å². The summed E-state index contributed by atoms with van der Waals surface area (Å²) in [5.74, 6) is 0.349. The third-order valence-corrected chi connectivity index (χ3v) is 6.53. The number of hydrogen-bond acceptors (Lipinski definition) is 4. The number of rotatable bonds is 7. The van der Waals surface area contributed by atoms with Crippen molar-refractivity contribution in [2.45, 2.75) is 64.3 Å². The number of likely N-dealkylation sites (tertiary alicyclic amines) is 1. The molecule has 0 spiro atoms. The molecule has 1 saturated heterocycles. The minimum atomic E-state index is -3.89. The zero-order valence-corrected chi connectivity index (χ0v) is 17.9. The molecule has 152 valence electrons. The first-order valence-electron chi connectivity index (χ1n) is 9.62. The van der Waals surface area contributed by atoms with Crippen molar-refractivity contribution >= 4 is 15.9 Å². The molecule has 1 aliphatic heterocycles. The van der Waals surface area contributed by atoms with Crippen LogP contribution < -0.4 is 9.46 Å². The molecule has 1 atom stereocenters. The van der Waals surface area contributed by atoms with Gasteiger partial charge in [0.2, 0.25) is 15.9 Å². The molecule has 0 radical (unpaired) electrons. The number of methoxy groups -OCH3 is 1. The molecule has 2 rings (SSSR count). The van der Waals surface area contributed by atoms with Crippen LogP contribution in [0.15, 0.2) is 17.0 Å². The van der Waals surface area contributed by atoms with Gasteiger partial charge in [0.05, 0.1) is 7.11 Å². The number of piperidine rings is 1. The Hall–Kier alpha value is -1.60. The van der Waals surface area contributed by atoms with E-state index < -0.39 is 16.1 Å². The van der Waals surface area contributed by atoms with Gasteiger partial charge in [-0.15, -0.1) is 0 Å². The summed E-state index contributed by atoms with van der Waals surface area (Å²) < 4.78 is 34.1. The molecule has 0 aliphatic carbocycles. The third kappa shape index (κ3) is 5.45. The van der Waals surface area contributed by atoms with Crippen molar-refractivity contribution in [2.75, 3.05) is 20.2 Å². The van der Waals surface area contributed by atoms with E-state index in [0.717, 1.165) is 30.4 Å². The Bertz CT molecular complexity index is 768. The highest BCUT2D eigenvalue weighted by Crippen LogP contribution is 2.28. The van der Waals surface area contributed by atoms with Crippen molar-refractivity contribution in [3.8, 4) is 5.75 Å². The minimum absolute atomic E-state index is 0.0771. The molecule has 1 fully saturated rings. The highest BCUT2D eigenvalue weighted by atomic mass is 32.2. The molecule has 0 saturated carbocycles. The number of carbonyl (C=O) groups is 1. The lowest BCUT2D eigenvalue weighted by atomic mass is 10.0. The molecular weight excluding hydrogens is 364 g/mol. The summed E-state index contributed by atoms with van der Waals surface area (Å²) in [6, 6.07) is 2.56. The standard InChI is InChI=1S/C20H32N2O4S/c1-14(2)11-17(20(23)22-9-7-6-8-10-22)21-27(24,25)19-13-16(4)15(3)12-18(19)26-5/h12-14,17,21H,6-11H2,1-5H3/t17-/m1/s1. The molecule has 1 N–H and O–H groups in total. The number of hydrogen-bond donors (Lipinski definition) is 1. The summed E-state index contributed by atoms with van der Waals surface area (Å²) in [7, 11) is -2.44. The normalized spacial score (nSPS) is 16.4. The molecule has 0 bridgehead atoms. The molecule has 1 amide bonds. The molecule has 1 aromatic rings. The Morgan fingerprint density at radius 3 is 2.30 bits per heavy atom. The molecule has 1 aromatic carbocycles. The fourth-order valence-corrected chi connectivity index (χ4v) is 4.83. The van der Waals surface area contributed by atoms with Crippen molar-refractivity contribution < 1.29 is 17.9 Å². The predicted octanol–water partition coefficient (Wildman–Crippen LogP) is 3.02. The van der Waals surface area contributed by atoms with Gasteiger partial charge in [-0.2, -0.15) is 4.72 Å². The molecular formula is C20H32N2O4S. The van der Waals surface area contributed by atoms with E-state index >= 15 is 0 Å². The smallest absolute Gasteiger partial charge is 0.244 e. The second kappa shape index (κ2) is 9.06. The van der Waals surface area contributed by atoms with Gasteiger partial charge in [0.25, 0.3) is 0 Å². The molecule has 0 aromatic heterocycles.